The molecule has 0 saturated heterocycles. The summed E-state index contributed by atoms with van der Waals surface area (Å²) >= 11 is 0. The Labute approximate surface area is 161 Å². The van der Waals surface area contributed by atoms with Gasteiger partial charge in [-0.05, 0) is 43.5 Å². The van der Waals surface area contributed by atoms with Crippen LogP contribution in [0.4, 0.5) is 0 Å². The molecule has 0 spiro atoms. The fraction of sp³-hybridized carbons (Fsp3) is 0.588. The number of amides is 1. The molecular formula is C17H28ClN3O4S. The number of carbonyl (C=O) groups is 1. The highest BCUT2D eigenvalue weighted by Crippen LogP contribution is 2.27. The first kappa shape index (κ1) is 22.7. The largest absolute Gasteiger partial charge is 0.496 e. The molecule has 0 heterocycles. The van der Waals surface area contributed by atoms with Crippen LogP contribution >= 0.6 is 12.4 Å². The van der Waals surface area contributed by atoms with Crippen molar-refractivity contribution in [3.63, 3.8) is 0 Å². The lowest BCUT2D eigenvalue weighted by molar-refractivity contribution is -0.120. The third-order valence-corrected chi connectivity index (χ3v) is 6.12. The van der Waals surface area contributed by atoms with Gasteiger partial charge in [-0.15, -0.1) is 12.4 Å². The molecule has 1 fully saturated rings. The summed E-state index contributed by atoms with van der Waals surface area (Å²) in [5, 5.41) is 2.74. The minimum atomic E-state index is -3.65. The maximum Gasteiger partial charge on any atom is 0.240 e. The highest BCUT2D eigenvalue weighted by molar-refractivity contribution is 7.89. The molecule has 1 aliphatic rings. The molecule has 148 valence electrons. The van der Waals surface area contributed by atoms with E-state index in [1.165, 1.54) is 13.2 Å². The van der Waals surface area contributed by atoms with Crippen LogP contribution in [0, 0.1) is 5.92 Å². The minimum absolute atomic E-state index is 0. The molecule has 1 aliphatic carbocycles. The number of sulfonamides is 1. The van der Waals surface area contributed by atoms with E-state index in [1.807, 2.05) is 0 Å². The van der Waals surface area contributed by atoms with Gasteiger partial charge in [0.25, 0.3) is 0 Å². The zero-order chi connectivity index (χ0) is 18.4. The Morgan fingerprint density at radius 1 is 1.35 bits per heavy atom. The number of benzene rings is 1. The Kier molecular flexibility index (Phi) is 8.82. The monoisotopic (exact) mass is 405 g/mol. The molecule has 0 bridgehead atoms. The van der Waals surface area contributed by atoms with Crippen molar-refractivity contribution in [3.8, 4) is 5.75 Å². The molecule has 0 aliphatic heterocycles. The summed E-state index contributed by atoms with van der Waals surface area (Å²) < 4.78 is 33.5. The lowest BCUT2D eigenvalue weighted by Crippen LogP contribution is -2.39. The van der Waals surface area contributed by atoms with E-state index in [0.29, 0.717) is 24.3 Å². The second-order valence-corrected chi connectivity index (χ2v) is 7.97. The average Bonchev–Trinajstić information content (AvgIpc) is 3.05. The molecule has 1 amide bonds. The number of hydrogen-bond acceptors (Lipinski definition) is 5. The molecule has 9 heteroatoms. The third-order valence-electron chi connectivity index (χ3n) is 4.63. The molecule has 2 rings (SSSR count). The summed E-state index contributed by atoms with van der Waals surface area (Å²) in [4.78, 5) is 11.6. The molecule has 26 heavy (non-hydrogen) atoms. The van der Waals surface area contributed by atoms with Crippen molar-refractivity contribution in [1.29, 1.82) is 0 Å². The van der Waals surface area contributed by atoms with E-state index in [1.54, 1.807) is 19.1 Å². The summed E-state index contributed by atoms with van der Waals surface area (Å²) in [5.74, 6) is 0.609. The molecular weight excluding hydrogens is 378 g/mol. The predicted octanol–water partition coefficient (Wildman–Crippen LogP) is 1.55. The Bertz CT molecular complexity index is 712. The fourth-order valence-corrected chi connectivity index (χ4v) is 4.51. The van der Waals surface area contributed by atoms with E-state index < -0.39 is 10.0 Å². The Morgan fingerprint density at radius 2 is 2.08 bits per heavy atom. The Morgan fingerprint density at radius 3 is 2.69 bits per heavy atom. The van der Waals surface area contributed by atoms with E-state index in [4.69, 9.17) is 10.5 Å². The summed E-state index contributed by atoms with van der Waals surface area (Å²) in [6.45, 7) is 2.45. The first-order valence-corrected chi connectivity index (χ1v) is 10.1. The Balaban J connectivity index is 0.00000338. The van der Waals surface area contributed by atoms with E-state index in [-0.39, 0.29) is 41.7 Å². The van der Waals surface area contributed by atoms with Crippen molar-refractivity contribution in [2.75, 3.05) is 13.7 Å². The lowest BCUT2D eigenvalue weighted by Gasteiger charge is -2.20. The predicted molar refractivity (Wildman–Crippen MR) is 103 cm³/mol. The zero-order valence-corrected chi connectivity index (χ0v) is 16.8. The molecule has 0 aromatic heterocycles. The maximum atomic E-state index is 12.7. The average molecular weight is 406 g/mol. The van der Waals surface area contributed by atoms with Gasteiger partial charge in [0.05, 0.1) is 12.0 Å². The highest BCUT2D eigenvalue weighted by atomic mass is 35.5. The van der Waals surface area contributed by atoms with Crippen molar-refractivity contribution in [2.45, 2.75) is 50.1 Å². The number of methoxy groups -OCH3 is 1. The van der Waals surface area contributed by atoms with Crippen molar-refractivity contribution in [1.82, 2.24) is 10.0 Å². The van der Waals surface area contributed by atoms with Gasteiger partial charge in [-0.2, -0.15) is 0 Å². The number of nitrogens with one attached hydrogen (secondary N) is 2. The van der Waals surface area contributed by atoms with Crippen molar-refractivity contribution < 1.29 is 17.9 Å². The van der Waals surface area contributed by atoms with Gasteiger partial charge >= 0.3 is 0 Å². The van der Waals surface area contributed by atoms with Crippen LogP contribution in [0.5, 0.6) is 5.75 Å². The number of carbonyl (C=O) groups excluding carboxylic acids is 1. The number of halogens is 1. The quantitative estimate of drug-likeness (QED) is 0.607. The van der Waals surface area contributed by atoms with Crippen LogP contribution in [0.1, 0.15) is 38.2 Å². The van der Waals surface area contributed by atoms with Gasteiger partial charge in [-0.1, -0.05) is 13.3 Å². The number of rotatable bonds is 8. The first-order chi connectivity index (χ1) is 11.9. The van der Waals surface area contributed by atoms with E-state index in [2.05, 4.69) is 10.0 Å². The van der Waals surface area contributed by atoms with Gasteiger partial charge in [0.1, 0.15) is 5.75 Å². The standard InChI is InChI=1S/C17H27N3O4S.ClH/c1-3-17(21)19-11-13-9-14(7-8-16(13)24-2)25(22,23)20-15-6-4-5-12(15)10-18;/h7-9,12,15,20H,3-6,10-11,18H2,1-2H3,(H,19,21);1H. The van der Waals surface area contributed by atoms with Crippen molar-refractivity contribution in [2.24, 2.45) is 11.7 Å². The van der Waals surface area contributed by atoms with Gasteiger partial charge in [-0.3, -0.25) is 4.79 Å². The normalized spacial score (nSPS) is 19.7. The second-order valence-electron chi connectivity index (χ2n) is 6.26. The summed E-state index contributed by atoms with van der Waals surface area (Å²) in [7, 11) is -2.14. The summed E-state index contributed by atoms with van der Waals surface area (Å²) in [6.07, 6.45) is 3.09. The zero-order valence-electron chi connectivity index (χ0n) is 15.2. The van der Waals surface area contributed by atoms with Gasteiger partial charge in [0, 0.05) is 24.6 Å². The first-order valence-electron chi connectivity index (χ1n) is 8.57. The number of hydrogen-bond donors (Lipinski definition) is 3. The third kappa shape index (κ3) is 5.57. The summed E-state index contributed by atoms with van der Waals surface area (Å²) in [6, 6.07) is 4.54. The lowest BCUT2D eigenvalue weighted by atomic mass is 10.1. The molecule has 2 atom stereocenters. The van der Waals surface area contributed by atoms with Crippen LogP contribution in [0.15, 0.2) is 23.1 Å². The number of nitrogens with two attached hydrogens (primary N) is 1. The fourth-order valence-electron chi connectivity index (χ4n) is 3.12. The molecule has 1 aromatic rings. The van der Waals surface area contributed by atoms with Crippen molar-refractivity contribution >= 4 is 28.3 Å². The maximum absolute atomic E-state index is 12.7. The number of ether oxygens (including phenoxy) is 1. The summed E-state index contributed by atoms with van der Waals surface area (Å²) in [5.41, 5.74) is 6.35. The molecule has 2 unspecified atom stereocenters. The van der Waals surface area contributed by atoms with Crippen LogP contribution in [0.25, 0.3) is 0 Å². The van der Waals surface area contributed by atoms with Crippen LogP contribution in [-0.4, -0.2) is 34.0 Å². The molecule has 4 N–H and O–H groups in total. The minimum Gasteiger partial charge on any atom is -0.496 e. The molecule has 7 nitrogen and oxygen atoms in total. The smallest absolute Gasteiger partial charge is 0.240 e. The highest BCUT2D eigenvalue weighted by Gasteiger charge is 2.30. The second kappa shape index (κ2) is 10.1. The van der Waals surface area contributed by atoms with E-state index in [9.17, 15) is 13.2 Å². The van der Waals surface area contributed by atoms with Gasteiger partial charge in [0.2, 0.25) is 15.9 Å². The van der Waals surface area contributed by atoms with Gasteiger partial charge < -0.3 is 15.8 Å². The molecule has 0 radical (unpaired) electrons. The van der Waals surface area contributed by atoms with Crippen LogP contribution in [0.3, 0.4) is 0 Å². The molecule has 1 aromatic carbocycles. The molecule has 1 saturated carbocycles. The van der Waals surface area contributed by atoms with Crippen LogP contribution in [0.2, 0.25) is 0 Å². The van der Waals surface area contributed by atoms with Gasteiger partial charge in [-0.25, -0.2) is 13.1 Å². The Hall–Kier alpha value is -1.35. The topological polar surface area (TPSA) is 111 Å². The van der Waals surface area contributed by atoms with Gasteiger partial charge in [0.15, 0.2) is 0 Å². The van der Waals surface area contributed by atoms with E-state index >= 15 is 0 Å². The van der Waals surface area contributed by atoms with E-state index in [0.717, 1.165) is 19.3 Å². The van der Waals surface area contributed by atoms with Crippen LogP contribution < -0.4 is 20.5 Å². The SMILES string of the molecule is CCC(=O)NCc1cc(S(=O)(=O)NC2CCCC2CN)ccc1OC.Cl. The van der Waals surface area contributed by atoms with Crippen molar-refractivity contribution in [3.05, 3.63) is 23.8 Å². The van der Waals surface area contributed by atoms with Crippen LogP contribution in [-0.2, 0) is 21.4 Å².